The topological polar surface area (TPSA) is 102 Å². The van der Waals surface area contributed by atoms with Gasteiger partial charge in [-0.05, 0) is 16.5 Å². The lowest BCUT2D eigenvalue weighted by Crippen LogP contribution is -2.30. The first-order valence-electron chi connectivity index (χ1n) is 8.56. The molecule has 26 heavy (non-hydrogen) atoms. The van der Waals surface area contributed by atoms with Crippen molar-refractivity contribution in [2.24, 2.45) is 0 Å². The smallest absolute Gasteiger partial charge is 0.327 e. The van der Waals surface area contributed by atoms with Gasteiger partial charge in [-0.2, -0.15) is 0 Å². The van der Waals surface area contributed by atoms with Gasteiger partial charge in [0.25, 0.3) is 5.56 Å². The second-order valence-electron chi connectivity index (χ2n) is 6.57. The molecule has 0 unspecified atom stereocenters. The highest BCUT2D eigenvalue weighted by Crippen LogP contribution is 2.22. The lowest BCUT2D eigenvalue weighted by atomic mass is 9.87. The SMILES string of the molecule is CC.CC(C)(C)c1ccc(CNc2[nH]c(=O)[nH]c(=O)c2C(=N)CF)cc1. The summed E-state index contributed by atoms with van der Waals surface area (Å²) in [7, 11) is 0. The average molecular weight is 362 g/mol. The average Bonchev–Trinajstić information content (AvgIpc) is 2.60. The fourth-order valence-electron chi connectivity index (χ4n) is 2.29. The van der Waals surface area contributed by atoms with Gasteiger partial charge in [0.1, 0.15) is 18.1 Å². The number of halogens is 1. The van der Waals surface area contributed by atoms with E-state index in [1.54, 1.807) is 0 Å². The maximum Gasteiger partial charge on any atom is 0.327 e. The van der Waals surface area contributed by atoms with E-state index in [1.807, 2.05) is 43.1 Å². The van der Waals surface area contributed by atoms with E-state index in [4.69, 9.17) is 5.41 Å². The number of nitrogens with one attached hydrogen (secondary N) is 4. The molecular formula is C19H27FN4O2. The maximum absolute atomic E-state index is 12.8. The fraction of sp³-hybridized carbons (Fsp3) is 0.421. The van der Waals surface area contributed by atoms with Crippen molar-refractivity contribution in [2.75, 3.05) is 12.0 Å². The Morgan fingerprint density at radius 2 is 1.69 bits per heavy atom. The van der Waals surface area contributed by atoms with Crippen LogP contribution in [0, 0.1) is 5.41 Å². The normalized spacial score (nSPS) is 10.7. The highest BCUT2D eigenvalue weighted by molar-refractivity contribution is 6.02. The third kappa shape index (κ3) is 5.40. The summed E-state index contributed by atoms with van der Waals surface area (Å²) in [5.41, 5.74) is -0.000143. The van der Waals surface area contributed by atoms with E-state index in [9.17, 15) is 14.0 Å². The van der Waals surface area contributed by atoms with Crippen LogP contribution in [0.1, 0.15) is 51.3 Å². The minimum atomic E-state index is -1.09. The van der Waals surface area contributed by atoms with Gasteiger partial charge in [-0.15, -0.1) is 0 Å². The fourth-order valence-corrected chi connectivity index (χ4v) is 2.29. The minimum absolute atomic E-state index is 0.0475. The molecule has 0 amide bonds. The van der Waals surface area contributed by atoms with Crippen molar-refractivity contribution in [3.8, 4) is 0 Å². The maximum atomic E-state index is 12.8. The Hall–Kier alpha value is -2.70. The van der Waals surface area contributed by atoms with Crippen molar-refractivity contribution < 1.29 is 4.39 Å². The first-order valence-corrected chi connectivity index (χ1v) is 8.56. The molecule has 0 aliphatic rings. The molecular weight excluding hydrogens is 335 g/mol. The van der Waals surface area contributed by atoms with Crippen molar-refractivity contribution in [3.05, 3.63) is 61.8 Å². The van der Waals surface area contributed by atoms with Gasteiger partial charge in [-0.25, -0.2) is 9.18 Å². The van der Waals surface area contributed by atoms with Crippen LogP contribution in [0.3, 0.4) is 0 Å². The van der Waals surface area contributed by atoms with Gasteiger partial charge in [0.05, 0.1) is 5.71 Å². The molecule has 2 aromatic rings. The molecule has 1 aromatic carbocycles. The van der Waals surface area contributed by atoms with Crippen molar-refractivity contribution in [2.45, 2.75) is 46.6 Å². The van der Waals surface area contributed by atoms with E-state index < -0.39 is 23.6 Å². The van der Waals surface area contributed by atoms with E-state index in [-0.39, 0.29) is 16.8 Å². The van der Waals surface area contributed by atoms with Crippen LogP contribution < -0.4 is 16.6 Å². The van der Waals surface area contributed by atoms with E-state index in [1.165, 1.54) is 5.56 Å². The van der Waals surface area contributed by atoms with Crippen LogP contribution in [0.15, 0.2) is 33.9 Å². The molecule has 0 saturated carbocycles. The van der Waals surface area contributed by atoms with Crippen LogP contribution in [0.2, 0.25) is 0 Å². The number of hydrogen-bond acceptors (Lipinski definition) is 4. The second kappa shape index (κ2) is 9.12. The lowest BCUT2D eigenvalue weighted by molar-refractivity contribution is 0.580. The molecule has 142 valence electrons. The van der Waals surface area contributed by atoms with Crippen LogP contribution >= 0.6 is 0 Å². The molecule has 0 aliphatic heterocycles. The summed E-state index contributed by atoms with van der Waals surface area (Å²) in [5.74, 6) is 0.0475. The van der Waals surface area contributed by atoms with Crippen molar-refractivity contribution in [3.63, 3.8) is 0 Å². The van der Waals surface area contributed by atoms with E-state index in [0.29, 0.717) is 6.54 Å². The molecule has 0 bridgehead atoms. The first-order chi connectivity index (χ1) is 12.2. The molecule has 1 heterocycles. The zero-order valence-corrected chi connectivity index (χ0v) is 15.9. The number of aromatic amines is 2. The van der Waals surface area contributed by atoms with E-state index in [0.717, 1.165) is 5.56 Å². The van der Waals surface area contributed by atoms with Crippen LogP contribution in [0.4, 0.5) is 10.2 Å². The number of benzene rings is 1. The van der Waals surface area contributed by atoms with Crippen LogP contribution in [0.25, 0.3) is 0 Å². The van der Waals surface area contributed by atoms with Gasteiger partial charge in [-0.1, -0.05) is 58.9 Å². The summed E-state index contributed by atoms with van der Waals surface area (Å²) >= 11 is 0. The largest absolute Gasteiger partial charge is 0.367 e. The summed E-state index contributed by atoms with van der Waals surface area (Å²) < 4.78 is 12.8. The molecule has 0 spiro atoms. The molecule has 0 atom stereocenters. The number of aromatic nitrogens is 2. The van der Waals surface area contributed by atoms with E-state index in [2.05, 4.69) is 31.1 Å². The van der Waals surface area contributed by atoms with Gasteiger partial charge in [0.15, 0.2) is 0 Å². The lowest BCUT2D eigenvalue weighted by Gasteiger charge is -2.19. The molecule has 0 aliphatic carbocycles. The third-order valence-electron chi connectivity index (χ3n) is 3.67. The molecule has 4 N–H and O–H groups in total. The van der Waals surface area contributed by atoms with Crippen molar-refractivity contribution >= 4 is 11.5 Å². The second-order valence-corrected chi connectivity index (χ2v) is 6.57. The molecule has 1 aromatic heterocycles. The van der Waals surface area contributed by atoms with Gasteiger partial charge in [0.2, 0.25) is 0 Å². The molecule has 2 rings (SSSR count). The summed E-state index contributed by atoms with van der Waals surface area (Å²) in [6.45, 7) is 9.60. The monoisotopic (exact) mass is 362 g/mol. The summed E-state index contributed by atoms with van der Waals surface area (Å²) in [4.78, 5) is 27.6. The van der Waals surface area contributed by atoms with Gasteiger partial charge in [0, 0.05) is 6.54 Å². The summed E-state index contributed by atoms with van der Waals surface area (Å²) in [5, 5.41) is 10.5. The quantitative estimate of drug-likeness (QED) is 0.614. The van der Waals surface area contributed by atoms with Crippen LogP contribution in [0.5, 0.6) is 0 Å². The van der Waals surface area contributed by atoms with Gasteiger partial charge < -0.3 is 10.7 Å². The first kappa shape index (κ1) is 21.3. The number of anilines is 1. The summed E-state index contributed by atoms with van der Waals surface area (Å²) in [6, 6.07) is 7.92. The molecule has 0 radical (unpaired) electrons. The number of alkyl halides is 1. The third-order valence-corrected chi connectivity index (χ3v) is 3.67. The van der Waals surface area contributed by atoms with Gasteiger partial charge in [-0.3, -0.25) is 14.8 Å². The van der Waals surface area contributed by atoms with Crippen molar-refractivity contribution in [1.82, 2.24) is 9.97 Å². The Kier molecular flexibility index (Phi) is 7.49. The van der Waals surface area contributed by atoms with Gasteiger partial charge >= 0.3 is 5.69 Å². The zero-order valence-electron chi connectivity index (χ0n) is 15.9. The predicted octanol–water partition coefficient (Wildman–Crippen LogP) is 3.34. The Bertz CT molecular complexity index is 846. The molecule has 0 saturated heterocycles. The highest BCUT2D eigenvalue weighted by Gasteiger charge is 2.15. The zero-order chi connectivity index (χ0) is 19.9. The van der Waals surface area contributed by atoms with Crippen LogP contribution in [-0.4, -0.2) is 22.4 Å². The number of H-pyrrole nitrogens is 2. The summed E-state index contributed by atoms with van der Waals surface area (Å²) in [6.07, 6.45) is 0. The Balaban J connectivity index is 0.00000163. The highest BCUT2D eigenvalue weighted by atomic mass is 19.1. The standard InChI is InChI=1S/C17H21FN4O2.C2H6/c1-17(2,3)11-6-4-10(5-7-11)9-20-14-13(12(19)8-18)15(23)22-16(24)21-14;1-2/h4-7,19H,8-9H2,1-3H3,(H3,20,21,22,23,24);1-2H3. The Morgan fingerprint density at radius 3 is 2.19 bits per heavy atom. The Morgan fingerprint density at radius 1 is 1.12 bits per heavy atom. The molecule has 6 nitrogen and oxygen atoms in total. The van der Waals surface area contributed by atoms with Crippen molar-refractivity contribution in [1.29, 1.82) is 5.41 Å². The van der Waals surface area contributed by atoms with Crippen LogP contribution in [-0.2, 0) is 12.0 Å². The number of hydrogen-bond donors (Lipinski definition) is 4. The minimum Gasteiger partial charge on any atom is -0.367 e. The Labute approximate surface area is 152 Å². The van der Waals surface area contributed by atoms with E-state index >= 15 is 0 Å². The molecule has 0 fully saturated rings. The molecule has 7 heteroatoms. The predicted molar refractivity (Wildman–Crippen MR) is 104 cm³/mol. The number of rotatable bonds is 5.